The van der Waals surface area contributed by atoms with E-state index in [1.54, 1.807) is 24.5 Å². The van der Waals surface area contributed by atoms with E-state index in [4.69, 9.17) is 0 Å². The molecule has 0 aliphatic carbocycles. The van der Waals surface area contributed by atoms with Gasteiger partial charge in [0.1, 0.15) is 0 Å². The van der Waals surface area contributed by atoms with Gasteiger partial charge in [0.25, 0.3) is 0 Å². The second-order valence-electron chi connectivity index (χ2n) is 4.17. The van der Waals surface area contributed by atoms with E-state index in [0.29, 0.717) is 0 Å². The summed E-state index contributed by atoms with van der Waals surface area (Å²) in [6.45, 7) is 0. The predicted molar refractivity (Wildman–Crippen MR) is 70.8 cm³/mol. The van der Waals surface area contributed by atoms with E-state index < -0.39 is 10.0 Å². The topological polar surface area (TPSA) is 54.9 Å². The summed E-state index contributed by atoms with van der Waals surface area (Å²) >= 11 is 0. The van der Waals surface area contributed by atoms with Crippen LogP contribution in [-0.4, -0.2) is 17.4 Å². The molecule has 1 aromatic carbocycles. The van der Waals surface area contributed by atoms with Crippen LogP contribution in [-0.2, 0) is 15.8 Å². The molecule has 5 heteroatoms. The minimum atomic E-state index is -3.32. The molecule has 0 atom stereocenters. The minimum absolute atomic E-state index is 0.00278. The molecule has 0 amide bonds. The van der Waals surface area contributed by atoms with Gasteiger partial charge in [-0.3, -0.25) is 3.97 Å². The normalized spacial score (nSPS) is 12.0. The van der Waals surface area contributed by atoms with Crippen LogP contribution in [0.4, 0.5) is 0 Å². The number of hydrogen-bond acceptors (Lipinski definition) is 2. The lowest BCUT2D eigenvalue weighted by atomic mass is 10.2. The van der Waals surface area contributed by atoms with Gasteiger partial charge in [0, 0.05) is 24.1 Å². The summed E-state index contributed by atoms with van der Waals surface area (Å²) in [4.78, 5) is 3.08. The molecule has 0 aliphatic rings. The van der Waals surface area contributed by atoms with Crippen LogP contribution in [0.5, 0.6) is 0 Å². The van der Waals surface area contributed by atoms with Gasteiger partial charge in [-0.15, -0.1) is 0 Å². The van der Waals surface area contributed by atoms with Crippen LogP contribution in [0.2, 0.25) is 0 Å². The Kier molecular flexibility index (Phi) is 2.48. The first-order valence-corrected chi connectivity index (χ1v) is 7.18. The quantitative estimate of drug-likeness (QED) is 0.786. The largest absolute Gasteiger partial charge is 0.361 e. The summed E-state index contributed by atoms with van der Waals surface area (Å²) in [6.07, 6.45) is 4.93. The summed E-state index contributed by atoms with van der Waals surface area (Å²) in [5.41, 5.74) is 1.80. The maximum Gasteiger partial charge on any atom is 0.242 e. The molecule has 0 saturated heterocycles. The van der Waals surface area contributed by atoms with Crippen LogP contribution in [0.15, 0.2) is 55.0 Å². The van der Waals surface area contributed by atoms with Gasteiger partial charge in [-0.05, 0) is 41.3 Å². The SMILES string of the molecule is O=S(=O)(Cc1ccc2[nH]ccc2c1)n1cccc1. The van der Waals surface area contributed by atoms with Crippen molar-refractivity contribution >= 4 is 20.9 Å². The number of fused-ring (bicyclic) bond motifs is 1. The van der Waals surface area contributed by atoms with Crippen molar-refractivity contribution in [1.82, 2.24) is 8.96 Å². The van der Waals surface area contributed by atoms with E-state index in [2.05, 4.69) is 4.98 Å². The van der Waals surface area contributed by atoms with E-state index >= 15 is 0 Å². The summed E-state index contributed by atoms with van der Waals surface area (Å²) in [5.74, 6) is 0.00278. The molecule has 0 bridgehead atoms. The lowest BCUT2D eigenvalue weighted by molar-refractivity contribution is 0.586. The summed E-state index contributed by atoms with van der Waals surface area (Å²) in [5, 5.41) is 1.02. The van der Waals surface area contributed by atoms with Crippen molar-refractivity contribution in [2.75, 3.05) is 0 Å². The van der Waals surface area contributed by atoms with Gasteiger partial charge >= 0.3 is 0 Å². The molecule has 0 saturated carbocycles. The summed E-state index contributed by atoms with van der Waals surface area (Å²) in [7, 11) is -3.32. The lowest BCUT2D eigenvalue weighted by Gasteiger charge is -2.05. The zero-order chi connectivity index (χ0) is 12.6. The molecular weight excluding hydrogens is 248 g/mol. The number of nitrogens with zero attached hydrogens (tertiary/aromatic N) is 1. The number of aromatic nitrogens is 2. The van der Waals surface area contributed by atoms with Crippen LogP contribution in [0.3, 0.4) is 0 Å². The first kappa shape index (κ1) is 11.1. The van der Waals surface area contributed by atoms with Gasteiger partial charge in [0.15, 0.2) is 0 Å². The van der Waals surface area contributed by atoms with Gasteiger partial charge in [-0.25, -0.2) is 8.42 Å². The standard InChI is InChI=1S/C13H12N2O2S/c16-18(17,15-7-1-2-8-15)10-11-3-4-13-12(9-11)5-6-14-13/h1-9,14H,10H2. The molecule has 0 radical (unpaired) electrons. The molecule has 18 heavy (non-hydrogen) atoms. The van der Waals surface area contributed by atoms with E-state index in [9.17, 15) is 8.42 Å². The number of hydrogen-bond donors (Lipinski definition) is 1. The van der Waals surface area contributed by atoms with Crippen LogP contribution >= 0.6 is 0 Å². The Bertz CT molecular complexity index is 770. The Labute approximate surface area is 105 Å². The fraction of sp³-hybridized carbons (Fsp3) is 0.0769. The van der Waals surface area contributed by atoms with E-state index in [1.807, 2.05) is 30.5 Å². The van der Waals surface area contributed by atoms with Crippen LogP contribution in [0.25, 0.3) is 10.9 Å². The summed E-state index contributed by atoms with van der Waals surface area (Å²) in [6, 6.07) is 11.0. The monoisotopic (exact) mass is 260 g/mol. The highest BCUT2D eigenvalue weighted by Crippen LogP contribution is 2.17. The third-order valence-electron chi connectivity index (χ3n) is 2.87. The van der Waals surface area contributed by atoms with Crippen molar-refractivity contribution < 1.29 is 8.42 Å². The lowest BCUT2D eigenvalue weighted by Crippen LogP contribution is -2.12. The third kappa shape index (κ3) is 1.93. The van der Waals surface area contributed by atoms with Crippen LogP contribution < -0.4 is 0 Å². The van der Waals surface area contributed by atoms with Crippen molar-refractivity contribution in [3.05, 3.63) is 60.6 Å². The van der Waals surface area contributed by atoms with Gasteiger partial charge in [-0.1, -0.05) is 6.07 Å². The second-order valence-corrected chi connectivity index (χ2v) is 6.04. The zero-order valence-corrected chi connectivity index (χ0v) is 10.4. The number of H-pyrrole nitrogens is 1. The molecule has 0 spiro atoms. The highest BCUT2D eigenvalue weighted by Gasteiger charge is 2.13. The molecule has 0 unspecified atom stereocenters. The van der Waals surface area contributed by atoms with Crippen molar-refractivity contribution in [3.63, 3.8) is 0 Å². The Morgan fingerprint density at radius 3 is 2.67 bits per heavy atom. The number of nitrogens with one attached hydrogen (secondary N) is 1. The molecule has 1 N–H and O–H groups in total. The molecule has 92 valence electrons. The Hall–Kier alpha value is -2.01. The predicted octanol–water partition coefficient (Wildman–Crippen LogP) is 2.35. The average molecular weight is 260 g/mol. The first-order valence-electron chi connectivity index (χ1n) is 5.57. The number of benzene rings is 1. The van der Waals surface area contributed by atoms with Crippen LogP contribution in [0, 0.1) is 0 Å². The molecule has 0 fully saturated rings. The Morgan fingerprint density at radius 1 is 1.11 bits per heavy atom. The molecule has 3 aromatic rings. The Morgan fingerprint density at radius 2 is 1.89 bits per heavy atom. The molecular formula is C13H12N2O2S. The van der Waals surface area contributed by atoms with Crippen molar-refractivity contribution in [2.45, 2.75) is 5.75 Å². The zero-order valence-electron chi connectivity index (χ0n) is 9.58. The number of aromatic amines is 1. The smallest absolute Gasteiger partial charge is 0.242 e. The van der Waals surface area contributed by atoms with Gasteiger partial charge < -0.3 is 4.98 Å². The highest BCUT2D eigenvalue weighted by molar-refractivity contribution is 7.89. The first-order chi connectivity index (χ1) is 8.65. The van der Waals surface area contributed by atoms with Gasteiger partial charge in [-0.2, -0.15) is 0 Å². The minimum Gasteiger partial charge on any atom is -0.361 e. The number of rotatable bonds is 3. The molecule has 4 nitrogen and oxygen atoms in total. The Balaban J connectivity index is 1.97. The van der Waals surface area contributed by atoms with Gasteiger partial charge in [0.05, 0.1) is 5.75 Å². The fourth-order valence-electron chi connectivity index (χ4n) is 1.98. The van der Waals surface area contributed by atoms with Gasteiger partial charge in [0.2, 0.25) is 10.0 Å². The average Bonchev–Trinajstić information content (AvgIpc) is 2.99. The summed E-state index contributed by atoms with van der Waals surface area (Å²) < 4.78 is 25.4. The molecule has 0 aliphatic heterocycles. The maximum absolute atomic E-state index is 12.1. The molecule has 2 heterocycles. The van der Waals surface area contributed by atoms with Crippen molar-refractivity contribution in [1.29, 1.82) is 0 Å². The van der Waals surface area contributed by atoms with E-state index in [-0.39, 0.29) is 5.75 Å². The fourth-order valence-corrected chi connectivity index (χ4v) is 3.24. The third-order valence-corrected chi connectivity index (χ3v) is 4.45. The van der Waals surface area contributed by atoms with E-state index in [0.717, 1.165) is 16.5 Å². The van der Waals surface area contributed by atoms with Crippen molar-refractivity contribution in [3.8, 4) is 0 Å². The molecule has 2 aromatic heterocycles. The van der Waals surface area contributed by atoms with E-state index in [1.165, 1.54) is 3.97 Å². The second kappa shape index (κ2) is 4.03. The molecule has 3 rings (SSSR count). The van der Waals surface area contributed by atoms with Crippen molar-refractivity contribution in [2.24, 2.45) is 0 Å². The van der Waals surface area contributed by atoms with Crippen LogP contribution in [0.1, 0.15) is 5.56 Å². The highest BCUT2D eigenvalue weighted by atomic mass is 32.2. The maximum atomic E-state index is 12.1.